The molecule has 2 aromatic heterocycles. The summed E-state index contributed by atoms with van der Waals surface area (Å²) in [6, 6.07) is 1.76. The van der Waals surface area contributed by atoms with Crippen LogP contribution in [0.1, 0.15) is 10.6 Å². The topological polar surface area (TPSA) is 67.9 Å². The number of hydrogen-bond acceptors (Lipinski definition) is 6. The molecule has 0 radical (unpaired) electrons. The summed E-state index contributed by atoms with van der Waals surface area (Å²) in [5.41, 5.74) is 8.53. The van der Waals surface area contributed by atoms with Crippen molar-refractivity contribution in [3.63, 3.8) is 0 Å². The summed E-state index contributed by atoms with van der Waals surface area (Å²) < 4.78 is 0. The molecule has 0 amide bonds. The minimum atomic E-state index is 0.484. The first-order valence-electron chi connectivity index (χ1n) is 4.84. The highest BCUT2D eigenvalue weighted by Gasteiger charge is 2.07. The average Bonchev–Trinajstić information content (AvgIpc) is 2.64. The molecule has 2 heterocycles. The number of aryl methyl sites for hydroxylation is 1. The first-order chi connectivity index (χ1) is 7.66. The summed E-state index contributed by atoms with van der Waals surface area (Å²) in [6.07, 6.45) is 1.47. The van der Waals surface area contributed by atoms with Crippen LogP contribution in [-0.2, 0) is 6.54 Å². The van der Waals surface area contributed by atoms with Crippen molar-refractivity contribution in [3.8, 4) is 0 Å². The molecule has 0 unspecified atom stereocenters. The number of nitrogen functional groups attached to an aromatic ring is 1. The summed E-state index contributed by atoms with van der Waals surface area (Å²) in [7, 11) is 1.97. The van der Waals surface area contributed by atoms with E-state index in [4.69, 9.17) is 5.73 Å². The number of hydrogen-bond donors (Lipinski definition) is 1. The van der Waals surface area contributed by atoms with Crippen LogP contribution in [0.4, 0.5) is 11.6 Å². The molecule has 16 heavy (non-hydrogen) atoms. The van der Waals surface area contributed by atoms with Gasteiger partial charge >= 0.3 is 0 Å². The van der Waals surface area contributed by atoms with E-state index in [-0.39, 0.29) is 0 Å². The zero-order valence-electron chi connectivity index (χ0n) is 9.21. The van der Waals surface area contributed by atoms with Crippen molar-refractivity contribution in [1.82, 2.24) is 15.0 Å². The van der Waals surface area contributed by atoms with Crippen molar-refractivity contribution in [2.24, 2.45) is 0 Å². The van der Waals surface area contributed by atoms with Crippen molar-refractivity contribution in [1.29, 1.82) is 0 Å². The van der Waals surface area contributed by atoms with E-state index in [0.29, 0.717) is 5.82 Å². The van der Waals surface area contributed by atoms with E-state index in [1.54, 1.807) is 17.4 Å². The van der Waals surface area contributed by atoms with Crippen molar-refractivity contribution in [3.05, 3.63) is 28.5 Å². The van der Waals surface area contributed by atoms with Gasteiger partial charge in [0.15, 0.2) is 0 Å². The van der Waals surface area contributed by atoms with Gasteiger partial charge in [0.25, 0.3) is 0 Å². The van der Waals surface area contributed by atoms with E-state index in [0.717, 1.165) is 18.1 Å². The summed E-state index contributed by atoms with van der Waals surface area (Å²) in [5.74, 6) is 1.30. The van der Waals surface area contributed by atoms with Gasteiger partial charge in [0.1, 0.15) is 18.0 Å². The molecule has 5 nitrogen and oxygen atoms in total. The normalized spacial score (nSPS) is 10.4. The molecular formula is C10H13N5S. The van der Waals surface area contributed by atoms with Crippen LogP contribution < -0.4 is 10.6 Å². The van der Waals surface area contributed by atoms with Crippen LogP contribution in [0.2, 0.25) is 0 Å². The van der Waals surface area contributed by atoms with E-state index in [2.05, 4.69) is 15.0 Å². The minimum absolute atomic E-state index is 0.484. The Bertz CT molecular complexity index is 482. The number of nitrogens with zero attached hydrogens (tertiary/aromatic N) is 4. The molecule has 0 aliphatic rings. The molecule has 84 valence electrons. The molecule has 0 fully saturated rings. The molecule has 6 heteroatoms. The number of anilines is 2. The zero-order valence-corrected chi connectivity index (χ0v) is 10.0. The van der Waals surface area contributed by atoms with E-state index in [1.165, 1.54) is 11.2 Å². The Labute approximate surface area is 98.0 Å². The van der Waals surface area contributed by atoms with E-state index >= 15 is 0 Å². The third kappa shape index (κ3) is 2.27. The van der Waals surface area contributed by atoms with E-state index < -0.39 is 0 Å². The van der Waals surface area contributed by atoms with Gasteiger partial charge in [0.2, 0.25) is 0 Å². The van der Waals surface area contributed by atoms with Gasteiger partial charge in [0.05, 0.1) is 17.7 Å². The molecule has 2 rings (SSSR count). The smallest absolute Gasteiger partial charge is 0.134 e. The monoisotopic (exact) mass is 235 g/mol. The van der Waals surface area contributed by atoms with Crippen molar-refractivity contribution >= 4 is 23.0 Å². The van der Waals surface area contributed by atoms with Crippen LogP contribution in [0.15, 0.2) is 17.9 Å². The van der Waals surface area contributed by atoms with Crippen molar-refractivity contribution in [2.75, 3.05) is 17.7 Å². The van der Waals surface area contributed by atoms with Crippen LogP contribution >= 0.6 is 11.3 Å². The molecular weight excluding hydrogens is 222 g/mol. The van der Waals surface area contributed by atoms with Crippen molar-refractivity contribution in [2.45, 2.75) is 13.5 Å². The highest BCUT2D eigenvalue weighted by Crippen LogP contribution is 2.18. The fourth-order valence-corrected chi connectivity index (χ4v) is 2.17. The van der Waals surface area contributed by atoms with Gasteiger partial charge in [-0.2, -0.15) is 0 Å². The van der Waals surface area contributed by atoms with Crippen LogP contribution in [-0.4, -0.2) is 22.0 Å². The van der Waals surface area contributed by atoms with Gasteiger partial charge in [-0.1, -0.05) is 0 Å². The Morgan fingerprint density at radius 2 is 2.19 bits per heavy atom. The summed E-state index contributed by atoms with van der Waals surface area (Å²) in [5, 5.41) is 0. The summed E-state index contributed by atoms with van der Waals surface area (Å²) in [4.78, 5) is 15.5. The van der Waals surface area contributed by atoms with Gasteiger partial charge in [-0.15, -0.1) is 11.3 Å². The first-order valence-corrected chi connectivity index (χ1v) is 5.72. The van der Waals surface area contributed by atoms with Gasteiger partial charge in [-0.3, -0.25) is 0 Å². The van der Waals surface area contributed by atoms with Gasteiger partial charge in [0, 0.05) is 18.0 Å². The lowest BCUT2D eigenvalue weighted by molar-refractivity contribution is 0.895. The molecule has 0 bridgehead atoms. The Balaban J connectivity index is 2.14. The SMILES string of the molecule is Cc1ncsc1CN(C)c1cc(N)ncn1. The molecule has 0 atom stereocenters. The molecule has 0 aliphatic carbocycles. The second-order valence-corrected chi connectivity index (χ2v) is 4.46. The molecule has 0 aliphatic heterocycles. The predicted octanol–water partition coefficient (Wildman–Crippen LogP) is 1.46. The second kappa shape index (κ2) is 4.44. The maximum Gasteiger partial charge on any atom is 0.134 e. The Kier molecular flexibility index (Phi) is 3.00. The predicted molar refractivity (Wildman–Crippen MR) is 65.4 cm³/mol. The third-order valence-corrected chi connectivity index (χ3v) is 3.21. The van der Waals surface area contributed by atoms with Crippen LogP contribution in [0.3, 0.4) is 0 Å². The third-order valence-electron chi connectivity index (χ3n) is 2.29. The van der Waals surface area contributed by atoms with Crippen LogP contribution in [0, 0.1) is 6.92 Å². The van der Waals surface area contributed by atoms with Gasteiger partial charge < -0.3 is 10.6 Å². The fraction of sp³-hybridized carbons (Fsp3) is 0.300. The lowest BCUT2D eigenvalue weighted by Gasteiger charge is -2.17. The van der Waals surface area contributed by atoms with E-state index in [1.807, 2.05) is 24.4 Å². The molecule has 0 aromatic carbocycles. The zero-order chi connectivity index (χ0) is 11.5. The summed E-state index contributed by atoms with van der Waals surface area (Å²) >= 11 is 1.65. The molecule has 2 N–H and O–H groups in total. The number of rotatable bonds is 3. The van der Waals surface area contributed by atoms with Crippen LogP contribution in [0.5, 0.6) is 0 Å². The molecule has 0 saturated heterocycles. The lowest BCUT2D eigenvalue weighted by atomic mass is 10.3. The number of nitrogens with two attached hydrogens (primary N) is 1. The molecule has 0 saturated carbocycles. The Hall–Kier alpha value is -1.69. The second-order valence-electron chi connectivity index (χ2n) is 3.52. The summed E-state index contributed by atoms with van der Waals surface area (Å²) in [6.45, 7) is 2.79. The fourth-order valence-electron chi connectivity index (χ4n) is 1.34. The van der Waals surface area contributed by atoms with Crippen LogP contribution in [0.25, 0.3) is 0 Å². The quantitative estimate of drug-likeness (QED) is 0.872. The molecule has 2 aromatic rings. The van der Waals surface area contributed by atoms with Crippen molar-refractivity contribution < 1.29 is 0 Å². The average molecular weight is 235 g/mol. The van der Waals surface area contributed by atoms with E-state index in [9.17, 15) is 0 Å². The largest absolute Gasteiger partial charge is 0.384 e. The van der Waals surface area contributed by atoms with Gasteiger partial charge in [-0.05, 0) is 6.92 Å². The Morgan fingerprint density at radius 1 is 1.38 bits per heavy atom. The lowest BCUT2D eigenvalue weighted by Crippen LogP contribution is -2.17. The minimum Gasteiger partial charge on any atom is -0.384 e. The first kappa shape index (κ1) is 10.8. The Morgan fingerprint density at radius 3 is 2.81 bits per heavy atom. The highest BCUT2D eigenvalue weighted by atomic mass is 32.1. The standard InChI is InChI=1S/C10H13N5S/c1-7-8(16-6-14-7)4-15(2)10-3-9(11)12-5-13-10/h3,5-6H,4H2,1-2H3,(H2,11,12,13). The molecule has 0 spiro atoms. The maximum atomic E-state index is 5.61. The maximum absolute atomic E-state index is 5.61. The highest BCUT2D eigenvalue weighted by molar-refractivity contribution is 7.09. The number of thiazole rings is 1. The number of aromatic nitrogens is 3. The van der Waals surface area contributed by atoms with Gasteiger partial charge in [-0.25, -0.2) is 15.0 Å².